The average Bonchev–Trinajstić information content (AvgIpc) is 2.63. The molecular weight excluding hydrogens is 254 g/mol. The summed E-state index contributed by atoms with van der Waals surface area (Å²) < 4.78 is 1.79. The summed E-state index contributed by atoms with van der Waals surface area (Å²) in [4.78, 5) is 19.1. The van der Waals surface area contributed by atoms with Crippen LogP contribution in [0.15, 0.2) is 11.0 Å². The smallest absolute Gasteiger partial charge is 0.255 e. The molecule has 0 bridgehead atoms. The van der Waals surface area contributed by atoms with Crippen molar-refractivity contribution in [1.82, 2.24) is 25.1 Å². The molecule has 2 rings (SSSR count). The molecule has 20 heavy (non-hydrogen) atoms. The molecule has 2 aromatic heterocycles. The summed E-state index contributed by atoms with van der Waals surface area (Å²) in [6.45, 7) is 8.28. The number of aromatic nitrogens is 4. The quantitative estimate of drug-likeness (QED) is 0.881. The maximum absolute atomic E-state index is 12.0. The van der Waals surface area contributed by atoms with Crippen LogP contribution in [0, 0.1) is 20.8 Å². The summed E-state index contributed by atoms with van der Waals surface area (Å²) in [7, 11) is 1.90. The Morgan fingerprint density at radius 2 is 2.05 bits per heavy atom. The van der Waals surface area contributed by atoms with Crippen LogP contribution in [0.3, 0.4) is 0 Å². The maximum Gasteiger partial charge on any atom is 0.255 e. The van der Waals surface area contributed by atoms with Gasteiger partial charge in [0.25, 0.3) is 5.56 Å². The van der Waals surface area contributed by atoms with E-state index in [0.717, 1.165) is 17.0 Å². The Bertz CT molecular complexity index is 671. The van der Waals surface area contributed by atoms with Crippen molar-refractivity contribution in [3.05, 3.63) is 44.9 Å². The molecule has 0 amide bonds. The lowest BCUT2D eigenvalue weighted by Crippen LogP contribution is -2.27. The van der Waals surface area contributed by atoms with Crippen molar-refractivity contribution < 1.29 is 0 Å². The lowest BCUT2D eigenvalue weighted by atomic mass is 10.1. The summed E-state index contributed by atoms with van der Waals surface area (Å²) in [5.41, 5.74) is 3.53. The monoisotopic (exact) mass is 275 g/mol. The SMILES string of the molecule is Cc1nc(C)c(C(C)NCc2cn(C)nc2C)c(=O)[nH]1. The van der Waals surface area contributed by atoms with Crippen molar-refractivity contribution >= 4 is 0 Å². The summed E-state index contributed by atoms with van der Waals surface area (Å²) in [5.74, 6) is 0.645. The van der Waals surface area contributed by atoms with Crippen molar-refractivity contribution in [2.24, 2.45) is 7.05 Å². The van der Waals surface area contributed by atoms with Crippen molar-refractivity contribution in [3.8, 4) is 0 Å². The number of H-pyrrole nitrogens is 1. The molecule has 0 spiro atoms. The molecule has 2 aromatic rings. The van der Waals surface area contributed by atoms with Crippen LogP contribution in [0.25, 0.3) is 0 Å². The zero-order chi connectivity index (χ0) is 14.9. The highest BCUT2D eigenvalue weighted by Crippen LogP contribution is 2.13. The molecule has 6 heteroatoms. The van der Waals surface area contributed by atoms with Gasteiger partial charge in [-0.15, -0.1) is 0 Å². The summed E-state index contributed by atoms with van der Waals surface area (Å²) in [5, 5.41) is 7.66. The van der Waals surface area contributed by atoms with Crippen LogP contribution in [-0.4, -0.2) is 19.7 Å². The molecule has 2 heterocycles. The Hall–Kier alpha value is -1.95. The minimum Gasteiger partial charge on any atom is -0.310 e. The molecule has 0 aliphatic rings. The molecule has 0 saturated heterocycles. The predicted molar refractivity (Wildman–Crippen MR) is 77.5 cm³/mol. The number of aromatic amines is 1. The van der Waals surface area contributed by atoms with Crippen molar-refractivity contribution in [2.75, 3.05) is 0 Å². The molecule has 0 aliphatic heterocycles. The number of nitrogens with zero attached hydrogens (tertiary/aromatic N) is 3. The Labute approximate surface area is 118 Å². The Balaban J connectivity index is 2.15. The van der Waals surface area contributed by atoms with E-state index >= 15 is 0 Å². The van der Waals surface area contributed by atoms with Gasteiger partial charge < -0.3 is 10.3 Å². The first-order valence-corrected chi connectivity index (χ1v) is 6.68. The van der Waals surface area contributed by atoms with E-state index in [4.69, 9.17) is 0 Å². The van der Waals surface area contributed by atoms with Gasteiger partial charge in [0.1, 0.15) is 5.82 Å². The number of nitrogens with one attached hydrogen (secondary N) is 2. The summed E-state index contributed by atoms with van der Waals surface area (Å²) in [6.07, 6.45) is 1.99. The second-order valence-corrected chi connectivity index (χ2v) is 5.17. The van der Waals surface area contributed by atoms with Gasteiger partial charge in [-0.3, -0.25) is 9.48 Å². The van der Waals surface area contributed by atoms with E-state index in [1.54, 1.807) is 11.6 Å². The predicted octanol–water partition coefficient (Wildman–Crippen LogP) is 1.28. The van der Waals surface area contributed by atoms with Gasteiger partial charge in [-0.2, -0.15) is 5.10 Å². The Morgan fingerprint density at radius 1 is 1.35 bits per heavy atom. The van der Waals surface area contributed by atoms with Gasteiger partial charge in [0.05, 0.1) is 11.3 Å². The molecule has 0 aliphatic carbocycles. The second-order valence-electron chi connectivity index (χ2n) is 5.17. The van der Waals surface area contributed by atoms with Crippen LogP contribution >= 0.6 is 0 Å². The number of hydrogen-bond donors (Lipinski definition) is 2. The largest absolute Gasteiger partial charge is 0.310 e. The van der Waals surface area contributed by atoms with Crippen molar-refractivity contribution in [1.29, 1.82) is 0 Å². The highest BCUT2D eigenvalue weighted by molar-refractivity contribution is 5.21. The van der Waals surface area contributed by atoms with Gasteiger partial charge >= 0.3 is 0 Å². The molecule has 0 aromatic carbocycles. The third-order valence-electron chi connectivity index (χ3n) is 3.41. The fourth-order valence-electron chi connectivity index (χ4n) is 2.43. The van der Waals surface area contributed by atoms with Crippen LogP contribution in [0.1, 0.15) is 41.3 Å². The van der Waals surface area contributed by atoms with Crippen LogP contribution in [0.5, 0.6) is 0 Å². The van der Waals surface area contributed by atoms with Gasteiger partial charge in [0.2, 0.25) is 0 Å². The van der Waals surface area contributed by atoms with Gasteiger partial charge in [-0.05, 0) is 27.7 Å². The van der Waals surface area contributed by atoms with E-state index in [0.29, 0.717) is 17.9 Å². The fraction of sp³-hybridized carbons (Fsp3) is 0.500. The Kier molecular flexibility index (Phi) is 4.04. The van der Waals surface area contributed by atoms with E-state index in [1.165, 1.54) is 0 Å². The first-order valence-electron chi connectivity index (χ1n) is 6.68. The highest BCUT2D eigenvalue weighted by Gasteiger charge is 2.15. The zero-order valence-corrected chi connectivity index (χ0v) is 12.6. The molecule has 0 fully saturated rings. The fourth-order valence-corrected chi connectivity index (χ4v) is 2.43. The first-order chi connectivity index (χ1) is 9.38. The van der Waals surface area contributed by atoms with Crippen LogP contribution < -0.4 is 10.9 Å². The second kappa shape index (κ2) is 5.58. The van der Waals surface area contributed by atoms with E-state index in [2.05, 4.69) is 20.4 Å². The molecule has 108 valence electrons. The first kappa shape index (κ1) is 14.5. The normalized spacial score (nSPS) is 12.7. The zero-order valence-electron chi connectivity index (χ0n) is 12.6. The molecule has 6 nitrogen and oxygen atoms in total. The molecule has 0 radical (unpaired) electrons. The molecule has 1 atom stereocenters. The number of aryl methyl sites for hydroxylation is 4. The third-order valence-corrected chi connectivity index (χ3v) is 3.41. The van der Waals surface area contributed by atoms with Crippen LogP contribution in [0.2, 0.25) is 0 Å². The van der Waals surface area contributed by atoms with Crippen molar-refractivity contribution in [3.63, 3.8) is 0 Å². The third kappa shape index (κ3) is 2.96. The lowest BCUT2D eigenvalue weighted by Gasteiger charge is -2.15. The molecule has 0 saturated carbocycles. The highest BCUT2D eigenvalue weighted by atomic mass is 16.1. The van der Waals surface area contributed by atoms with Crippen LogP contribution in [0.4, 0.5) is 0 Å². The van der Waals surface area contributed by atoms with Gasteiger partial charge in [-0.25, -0.2) is 4.98 Å². The van der Waals surface area contributed by atoms with E-state index in [9.17, 15) is 4.79 Å². The minimum atomic E-state index is -0.0714. The lowest BCUT2D eigenvalue weighted by molar-refractivity contribution is 0.561. The average molecular weight is 275 g/mol. The Morgan fingerprint density at radius 3 is 2.60 bits per heavy atom. The van der Waals surface area contributed by atoms with Gasteiger partial charge in [-0.1, -0.05) is 0 Å². The van der Waals surface area contributed by atoms with Crippen molar-refractivity contribution in [2.45, 2.75) is 40.3 Å². The van der Waals surface area contributed by atoms with E-state index < -0.39 is 0 Å². The maximum atomic E-state index is 12.0. The van der Waals surface area contributed by atoms with E-state index in [1.807, 2.05) is 34.0 Å². The number of rotatable bonds is 4. The summed E-state index contributed by atoms with van der Waals surface area (Å²) >= 11 is 0. The standard InChI is InChI=1S/C14H21N5O/c1-8-12(7-19(5)18-8)6-15-9(2)13-10(3)16-11(4)17-14(13)20/h7,9,15H,6H2,1-5H3,(H,16,17,20). The minimum absolute atomic E-state index is 0.0635. The molecular formula is C14H21N5O. The van der Waals surface area contributed by atoms with Crippen LogP contribution in [-0.2, 0) is 13.6 Å². The molecule has 2 N–H and O–H groups in total. The molecule has 1 unspecified atom stereocenters. The topological polar surface area (TPSA) is 75.6 Å². The summed E-state index contributed by atoms with van der Waals surface area (Å²) in [6, 6.07) is -0.0635. The van der Waals surface area contributed by atoms with E-state index in [-0.39, 0.29) is 11.6 Å². The van der Waals surface area contributed by atoms with Gasteiger partial charge in [0, 0.05) is 37.1 Å². The number of hydrogen-bond acceptors (Lipinski definition) is 4. The van der Waals surface area contributed by atoms with Gasteiger partial charge in [0.15, 0.2) is 0 Å².